The van der Waals surface area contributed by atoms with Crippen molar-refractivity contribution in [3.8, 4) is 0 Å². The van der Waals surface area contributed by atoms with Crippen LogP contribution in [0, 0.1) is 12.7 Å². The molecule has 108 valence electrons. The molecule has 0 bridgehead atoms. The van der Waals surface area contributed by atoms with Crippen LogP contribution in [-0.2, 0) is 16.6 Å². The van der Waals surface area contributed by atoms with E-state index in [2.05, 4.69) is 19.4 Å². The van der Waals surface area contributed by atoms with Gasteiger partial charge in [-0.15, -0.1) is 0 Å². The minimum absolute atomic E-state index is 0.0136. The molecule has 2 rings (SSSR count). The number of nitrogens with one attached hydrogen (secondary N) is 1. The van der Waals surface area contributed by atoms with E-state index >= 15 is 0 Å². The molecular formula is C10H10ClFN4O3S. The van der Waals surface area contributed by atoms with Gasteiger partial charge in [-0.3, -0.25) is 0 Å². The van der Waals surface area contributed by atoms with Crippen LogP contribution >= 0.6 is 11.6 Å². The van der Waals surface area contributed by atoms with Crippen LogP contribution < -0.4 is 10.5 Å². The predicted octanol–water partition coefficient (Wildman–Crippen LogP) is 1.23. The molecule has 0 radical (unpaired) electrons. The topological polar surface area (TPSA) is 111 Å². The van der Waals surface area contributed by atoms with Crippen LogP contribution in [0.3, 0.4) is 0 Å². The number of nitrogens with zero attached hydrogens (tertiary/aromatic N) is 2. The van der Waals surface area contributed by atoms with Gasteiger partial charge >= 0.3 is 0 Å². The number of benzene rings is 1. The minimum atomic E-state index is -4.14. The molecule has 1 heterocycles. The number of anilines is 1. The second kappa shape index (κ2) is 5.35. The van der Waals surface area contributed by atoms with Crippen LogP contribution in [0.5, 0.6) is 0 Å². The van der Waals surface area contributed by atoms with Crippen molar-refractivity contribution in [3.63, 3.8) is 0 Å². The molecule has 0 fully saturated rings. The van der Waals surface area contributed by atoms with Gasteiger partial charge in [0.05, 0.1) is 12.2 Å². The first kappa shape index (κ1) is 14.7. The Morgan fingerprint density at radius 3 is 2.80 bits per heavy atom. The summed E-state index contributed by atoms with van der Waals surface area (Å²) in [7, 11) is -4.14. The number of aromatic nitrogens is 2. The number of sulfonamides is 1. The van der Waals surface area contributed by atoms with Gasteiger partial charge in [-0.25, -0.2) is 17.5 Å². The molecular weight excluding hydrogens is 311 g/mol. The van der Waals surface area contributed by atoms with E-state index in [0.29, 0.717) is 0 Å². The summed E-state index contributed by atoms with van der Waals surface area (Å²) in [6.07, 6.45) is 0. The highest BCUT2D eigenvalue weighted by Gasteiger charge is 2.22. The Morgan fingerprint density at radius 2 is 2.20 bits per heavy atom. The summed E-state index contributed by atoms with van der Waals surface area (Å²) in [4.78, 5) is 3.18. The summed E-state index contributed by atoms with van der Waals surface area (Å²) in [5, 5.41) is 3.53. The molecule has 0 spiro atoms. The number of rotatable bonds is 4. The smallest absolute Gasteiger partial charge is 0.244 e. The maximum absolute atomic E-state index is 13.8. The predicted molar refractivity (Wildman–Crippen MR) is 68.9 cm³/mol. The number of nitrogens with two attached hydrogens (primary N) is 1. The lowest BCUT2D eigenvalue weighted by Gasteiger charge is -2.08. The van der Waals surface area contributed by atoms with E-state index in [1.54, 1.807) is 6.92 Å². The molecule has 1 aromatic carbocycles. The fraction of sp³-hybridized carbons (Fsp3) is 0.200. The molecule has 0 unspecified atom stereocenters. The van der Waals surface area contributed by atoms with Crippen LogP contribution in [0.1, 0.15) is 11.7 Å². The average Bonchev–Trinajstić information content (AvgIpc) is 2.77. The van der Waals surface area contributed by atoms with Gasteiger partial charge in [0.1, 0.15) is 4.90 Å². The van der Waals surface area contributed by atoms with Crippen molar-refractivity contribution in [2.24, 2.45) is 0 Å². The number of halogens is 2. The standard InChI is InChI=1S/C10H10ClFN4O3S/c1-5-15-9(16-19-5)4-14-20(17,18)8-3-6(11)2-7(13)10(8)12/h2-3,14H,4,13H2,1H3. The van der Waals surface area contributed by atoms with Crippen molar-refractivity contribution < 1.29 is 17.3 Å². The first-order valence-corrected chi connectivity index (χ1v) is 7.19. The quantitative estimate of drug-likeness (QED) is 0.820. The Morgan fingerprint density at radius 1 is 1.50 bits per heavy atom. The van der Waals surface area contributed by atoms with E-state index in [0.717, 1.165) is 12.1 Å². The first-order valence-electron chi connectivity index (χ1n) is 5.33. The van der Waals surface area contributed by atoms with Gasteiger partial charge < -0.3 is 10.3 Å². The Labute approximate surface area is 119 Å². The van der Waals surface area contributed by atoms with Crippen LogP contribution in [0.15, 0.2) is 21.6 Å². The number of aryl methyl sites for hydroxylation is 1. The zero-order valence-corrected chi connectivity index (χ0v) is 11.8. The van der Waals surface area contributed by atoms with Crippen molar-refractivity contribution in [2.45, 2.75) is 18.4 Å². The number of nitrogen functional groups attached to an aromatic ring is 1. The third-order valence-corrected chi connectivity index (χ3v) is 3.93. The number of hydrogen-bond acceptors (Lipinski definition) is 6. The molecule has 0 aliphatic rings. The molecule has 7 nitrogen and oxygen atoms in total. The van der Waals surface area contributed by atoms with Crippen molar-refractivity contribution in [3.05, 3.63) is 34.7 Å². The van der Waals surface area contributed by atoms with Crippen LogP contribution in [0.25, 0.3) is 0 Å². The highest BCUT2D eigenvalue weighted by Crippen LogP contribution is 2.25. The summed E-state index contributed by atoms with van der Waals surface area (Å²) in [5.74, 6) is -0.648. The summed E-state index contributed by atoms with van der Waals surface area (Å²) in [6, 6.07) is 2.09. The molecule has 0 saturated heterocycles. The maximum Gasteiger partial charge on any atom is 0.244 e. The lowest BCUT2D eigenvalue weighted by molar-refractivity contribution is 0.387. The third kappa shape index (κ3) is 3.06. The summed E-state index contributed by atoms with van der Waals surface area (Å²) < 4.78 is 44.5. The summed E-state index contributed by atoms with van der Waals surface area (Å²) in [5.41, 5.74) is 4.98. The molecule has 1 aromatic heterocycles. The van der Waals surface area contributed by atoms with E-state index < -0.39 is 20.7 Å². The van der Waals surface area contributed by atoms with Gasteiger partial charge in [0.25, 0.3) is 0 Å². The maximum atomic E-state index is 13.8. The van der Waals surface area contributed by atoms with Crippen molar-refractivity contribution in [1.82, 2.24) is 14.9 Å². The number of hydrogen-bond donors (Lipinski definition) is 2. The SMILES string of the molecule is Cc1nc(CNS(=O)(=O)c2cc(Cl)cc(N)c2F)no1. The molecule has 0 aliphatic carbocycles. The second-order valence-corrected chi connectivity index (χ2v) is 6.03. The molecule has 0 saturated carbocycles. The Hall–Kier alpha value is -1.71. The Kier molecular flexibility index (Phi) is 3.93. The lowest BCUT2D eigenvalue weighted by Crippen LogP contribution is -2.25. The van der Waals surface area contributed by atoms with Crippen molar-refractivity contribution in [2.75, 3.05) is 5.73 Å². The molecule has 0 amide bonds. The van der Waals surface area contributed by atoms with Crippen molar-refractivity contribution in [1.29, 1.82) is 0 Å². The molecule has 0 aliphatic heterocycles. The Bertz CT molecular complexity index is 747. The fourth-order valence-electron chi connectivity index (χ4n) is 1.43. The van der Waals surface area contributed by atoms with E-state index in [1.807, 2.05) is 0 Å². The molecule has 10 heteroatoms. The molecule has 0 atom stereocenters. The minimum Gasteiger partial charge on any atom is -0.396 e. The van der Waals surface area contributed by atoms with Crippen LogP contribution in [-0.4, -0.2) is 18.6 Å². The zero-order valence-electron chi connectivity index (χ0n) is 10.2. The van der Waals surface area contributed by atoms with E-state index in [9.17, 15) is 12.8 Å². The molecule has 2 aromatic rings. The summed E-state index contributed by atoms with van der Waals surface area (Å²) in [6.45, 7) is 1.31. The van der Waals surface area contributed by atoms with Gasteiger partial charge in [0, 0.05) is 11.9 Å². The van der Waals surface area contributed by atoms with E-state index in [1.165, 1.54) is 0 Å². The third-order valence-electron chi connectivity index (χ3n) is 2.31. The monoisotopic (exact) mass is 320 g/mol. The van der Waals surface area contributed by atoms with Crippen LogP contribution in [0.2, 0.25) is 5.02 Å². The normalized spacial score (nSPS) is 11.8. The molecule has 20 heavy (non-hydrogen) atoms. The van der Waals surface area contributed by atoms with Crippen molar-refractivity contribution >= 4 is 27.3 Å². The van der Waals surface area contributed by atoms with E-state index in [-0.39, 0.29) is 29.0 Å². The van der Waals surface area contributed by atoms with Crippen LogP contribution in [0.4, 0.5) is 10.1 Å². The van der Waals surface area contributed by atoms with E-state index in [4.69, 9.17) is 17.3 Å². The molecule has 3 N–H and O–H groups in total. The van der Waals surface area contributed by atoms with Gasteiger partial charge in [-0.05, 0) is 12.1 Å². The summed E-state index contributed by atoms with van der Waals surface area (Å²) >= 11 is 5.67. The van der Waals surface area contributed by atoms with Gasteiger partial charge in [-0.2, -0.15) is 4.98 Å². The second-order valence-electron chi connectivity index (χ2n) is 3.86. The largest absolute Gasteiger partial charge is 0.396 e. The first-order chi connectivity index (χ1) is 9.29. The van der Waals surface area contributed by atoms with Gasteiger partial charge in [0.15, 0.2) is 11.6 Å². The highest BCUT2D eigenvalue weighted by atomic mass is 35.5. The van der Waals surface area contributed by atoms with Gasteiger partial charge in [0.2, 0.25) is 15.9 Å². The van der Waals surface area contributed by atoms with Gasteiger partial charge in [-0.1, -0.05) is 16.8 Å². The lowest BCUT2D eigenvalue weighted by atomic mass is 10.3. The average molecular weight is 321 g/mol. The zero-order chi connectivity index (χ0) is 14.9. The fourth-order valence-corrected chi connectivity index (χ4v) is 2.83. The Balaban J connectivity index is 2.27. The highest BCUT2D eigenvalue weighted by molar-refractivity contribution is 7.89.